The topological polar surface area (TPSA) is 29.5 Å². The zero-order chi connectivity index (χ0) is 15.5. The van der Waals surface area contributed by atoms with Crippen LogP contribution < -0.4 is 0 Å². The molecule has 0 aromatic heterocycles. The number of hydroxylamine groups is 2. The molecule has 8 heteroatoms. The molecule has 0 radical (unpaired) electrons. The van der Waals surface area contributed by atoms with Crippen LogP contribution in [0.1, 0.15) is 6.92 Å². The van der Waals surface area contributed by atoms with E-state index in [1.54, 1.807) is 0 Å². The third-order valence-electron chi connectivity index (χ3n) is 2.08. The van der Waals surface area contributed by atoms with Crippen molar-refractivity contribution >= 4 is 29.0 Å². The lowest BCUT2D eigenvalue weighted by Gasteiger charge is -2.27. The Morgan fingerprint density at radius 3 is 2.45 bits per heavy atom. The molecule has 1 rings (SSSR count). The normalized spacial score (nSPS) is 26.0. The number of hydrogen-bond acceptors (Lipinski definition) is 3. The Morgan fingerprint density at radius 2 is 1.95 bits per heavy atom. The minimum atomic E-state index is -4.90. The van der Waals surface area contributed by atoms with E-state index in [-0.39, 0.29) is 15.6 Å². The van der Waals surface area contributed by atoms with E-state index in [0.29, 0.717) is 0 Å². The smallest absolute Gasteiger partial charge is 0.293 e. The SMILES string of the molecule is C=C1/C=C(/C(C)=O)N(C(F)(F)F)OC/C(Cl)=C\C(Cl)=C/1. The molecule has 0 aliphatic carbocycles. The van der Waals surface area contributed by atoms with Crippen LogP contribution in [0.5, 0.6) is 0 Å². The van der Waals surface area contributed by atoms with Crippen molar-refractivity contribution in [2.24, 2.45) is 0 Å². The summed E-state index contributed by atoms with van der Waals surface area (Å²) in [6, 6.07) is 0. The molecule has 0 aromatic carbocycles. The fraction of sp³-hybridized carbons (Fsp3) is 0.250. The highest BCUT2D eigenvalue weighted by Crippen LogP contribution is 2.29. The Hall–Kier alpha value is -1.24. The van der Waals surface area contributed by atoms with Crippen LogP contribution in [0, 0.1) is 0 Å². The maximum Gasteiger partial charge on any atom is 0.508 e. The number of halogens is 5. The monoisotopic (exact) mass is 327 g/mol. The van der Waals surface area contributed by atoms with Gasteiger partial charge in [0.15, 0.2) is 5.78 Å². The van der Waals surface area contributed by atoms with Gasteiger partial charge in [0.05, 0.1) is 0 Å². The van der Waals surface area contributed by atoms with Crippen molar-refractivity contribution in [3.05, 3.63) is 46.1 Å². The fourth-order valence-corrected chi connectivity index (χ4v) is 1.83. The number of carbonyl (C=O) groups excluding carboxylic acids is 1. The number of rotatable bonds is 1. The molecule has 0 N–H and O–H groups in total. The summed E-state index contributed by atoms with van der Waals surface area (Å²) in [6.45, 7) is 3.90. The van der Waals surface area contributed by atoms with Gasteiger partial charge in [0.1, 0.15) is 12.3 Å². The maximum absolute atomic E-state index is 12.9. The Balaban J connectivity index is 3.34. The number of carbonyl (C=O) groups is 1. The van der Waals surface area contributed by atoms with Crippen molar-refractivity contribution in [3.63, 3.8) is 0 Å². The number of ketones is 1. The summed E-state index contributed by atoms with van der Waals surface area (Å²) in [5, 5.41) is -0.342. The summed E-state index contributed by atoms with van der Waals surface area (Å²) >= 11 is 11.5. The average molecular weight is 328 g/mol. The molecule has 0 fully saturated rings. The molecular weight excluding hydrogens is 318 g/mol. The maximum atomic E-state index is 12.9. The second-order valence-corrected chi connectivity index (χ2v) is 4.74. The lowest BCUT2D eigenvalue weighted by Crippen LogP contribution is -2.39. The summed E-state index contributed by atoms with van der Waals surface area (Å²) in [4.78, 5) is 16.0. The molecule has 0 spiro atoms. The van der Waals surface area contributed by atoms with Crippen molar-refractivity contribution < 1.29 is 22.8 Å². The van der Waals surface area contributed by atoms with Gasteiger partial charge in [-0.1, -0.05) is 29.8 Å². The van der Waals surface area contributed by atoms with Crippen molar-refractivity contribution in [1.82, 2.24) is 5.06 Å². The van der Waals surface area contributed by atoms with E-state index in [4.69, 9.17) is 23.2 Å². The van der Waals surface area contributed by atoms with Crippen LogP contribution in [0.2, 0.25) is 0 Å². The van der Waals surface area contributed by atoms with Crippen LogP contribution in [-0.4, -0.2) is 23.8 Å². The van der Waals surface area contributed by atoms with Gasteiger partial charge in [0, 0.05) is 17.0 Å². The van der Waals surface area contributed by atoms with E-state index in [1.807, 2.05) is 0 Å². The Labute approximate surface area is 123 Å². The quantitative estimate of drug-likeness (QED) is 0.681. The number of allylic oxidation sites excluding steroid dienone is 6. The van der Waals surface area contributed by atoms with E-state index < -0.39 is 29.5 Å². The molecule has 0 amide bonds. The van der Waals surface area contributed by atoms with E-state index in [9.17, 15) is 18.0 Å². The average Bonchev–Trinajstić information content (AvgIpc) is 2.24. The van der Waals surface area contributed by atoms with Gasteiger partial charge >= 0.3 is 6.30 Å². The van der Waals surface area contributed by atoms with Crippen LogP contribution in [0.15, 0.2) is 46.1 Å². The van der Waals surface area contributed by atoms with E-state index >= 15 is 0 Å². The zero-order valence-electron chi connectivity index (χ0n) is 10.3. The standard InChI is InChI=1S/C12H10Cl2F3NO2/c1-7-3-9(13)5-10(14)6-20-18(12(15,16)17)11(4-7)8(2)19/h3-5H,1,6H2,2H3/b9-3+,10-5+,11-4-. The number of hydrogen-bond donors (Lipinski definition) is 0. The summed E-state index contributed by atoms with van der Waals surface area (Å²) in [7, 11) is 0. The predicted molar refractivity (Wildman–Crippen MR) is 69.6 cm³/mol. The third kappa shape index (κ3) is 4.70. The first-order chi connectivity index (χ1) is 9.11. The highest BCUT2D eigenvalue weighted by atomic mass is 35.5. The van der Waals surface area contributed by atoms with E-state index in [1.165, 1.54) is 12.2 Å². The van der Waals surface area contributed by atoms with E-state index in [0.717, 1.165) is 13.0 Å². The minimum absolute atomic E-state index is 0.0573. The molecule has 1 heterocycles. The Morgan fingerprint density at radius 1 is 1.35 bits per heavy atom. The van der Waals surface area contributed by atoms with Crippen molar-refractivity contribution in [1.29, 1.82) is 0 Å². The van der Waals surface area contributed by atoms with Crippen LogP contribution in [0.4, 0.5) is 13.2 Å². The first-order valence-electron chi connectivity index (χ1n) is 5.26. The molecule has 1 aliphatic rings. The largest absolute Gasteiger partial charge is 0.508 e. The lowest BCUT2D eigenvalue weighted by molar-refractivity contribution is -0.350. The molecule has 0 unspecified atom stereocenters. The molecule has 0 aromatic rings. The second kappa shape index (κ2) is 6.47. The molecule has 110 valence electrons. The van der Waals surface area contributed by atoms with Gasteiger partial charge in [0.25, 0.3) is 0 Å². The van der Waals surface area contributed by atoms with Gasteiger partial charge in [-0.05, 0) is 23.8 Å². The Kier molecular flexibility index (Phi) is 5.44. The van der Waals surface area contributed by atoms with Crippen LogP contribution in [0.25, 0.3) is 0 Å². The number of Topliss-reactive ketones (excluding diaryl/α,β-unsaturated/α-hetero) is 1. The van der Waals surface area contributed by atoms with Crippen LogP contribution in [0.3, 0.4) is 0 Å². The van der Waals surface area contributed by atoms with Gasteiger partial charge in [-0.15, -0.1) is 13.2 Å². The number of nitrogens with zero attached hydrogens (tertiary/aromatic N) is 1. The predicted octanol–water partition coefficient (Wildman–Crippen LogP) is 4.03. The van der Waals surface area contributed by atoms with Gasteiger partial charge < -0.3 is 0 Å². The third-order valence-corrected chi connectivity index (χ3v) is 2.52. The first-order valence-corrected chi connectivity index (χ1v) is 6.01. The molecule has 0 saturated heterocycles. The molecule has 3 nitrogen and oxygen atoms in total. The highest BCUT2D eigenvalue weighted by Gasteiger charge is 2.42. The molecule has 0 bridgehead atoms. The van der Waals surface area contributed by atoms with Crippen LogP contribution >= 0.6 is 23.2 Å². The molecule has 0 saturated carbocycles. The fourth-order valence-electron chi connectivity index (χ4n) is 1.34. The van der Waals surface area contributed by atoms with Gasteiger partial charge in [-0.2, -0.15) is 5.06 Å². The van der Waals surface area contributed by atoms with Crippen molar-refractivity contribution in [3.8, 4) is 0 Å². The van der Waals surface area contributed by atoms with Gasteiger partial charge in [0.2, 0.25) is 0 Å². The van der Waals surface area contributed by atoms with E-state index in [2.05, 4.69) is 11.4 Å². The summed E-state index contributed by atoms with van der Waals surface area (Å²) in [6.07, 6.45) is -1.45. The molecule has 0 atom stereocenters. The zero-order valence-corrected chi connectivity index (χ0v) is 11.8. The minimum Gasteiger partial charge on any atom is -0.293 e. The van der Waals surface area contributed by atoms with Crippen LogP contribution in [-0.2, 0) is 9.63 Å². The number of alkyl halides is 3. The van der Waals surface area contributed by atoms with Crippen molar-refractivity contribution in [2.45, 2.75) is 13.2 Å². The molecular formula is C12H10Cl2F3NO2. The lowest BCUT2D eigenvalue weighted by atomic mass is 10.2. The summed E-state index contributed by atoms with van der Waals surface area (Å²) in [5.74, 6) is -0.839. The summed E-state index contributed by atoms with van der Waals surface area (Å²) in [5.41, 5.74) is -0.616. The highest BCUT2D eigenvalue weighted by molar-refractivity contribution is 6.34. The second-order valence-electron chi connectivity index (χ2n) is 3.82. The van der Waals surface area contributed by atoms with Crippen molar-refractivity contribution in [2.75, 3.05) is 6.61 Å². The van der Waals surface area contributed by atoms with Gasteiger partial charge in [-0.25, -0.2) is 0 Å². The first kappa shape index (κ1) is 16.8. The Bertz CT molecular complexity index is 521. The van der Waals surface area contributed by atoms with Gasteiger partial charge in [-0.3, -0.25) is 9.63 Å². The molecule has 1 aliphatic heterocycles. The molecule has 20 heavy (non-hydrogen) atoms. The summed E-state index contributed by atoms with van der Waals surface area (Å²) < 4.78 is 38.7.